The second kappa shape index (κ2) is 10.4. The first-order valence-electron chi connectivity index (χ1n) is 9.62. The van der Waals surface area contributed by atoms with E-state index < -0.39 is 23.7 Å². The van der Waals surface area contributed by atoms with Crippen molar-refractivity contribution in [2.24, 2.45) is 5.92 Å². The third kappa shape index (κ3) is 5.13. The first-order chi connectivity index (χ1) is 15.3. The number of nitriles is 1. The van der Waals surface area contributed by atoms with Gasteiger partial charge in [-0.15, -0.1) is 0 Å². The Kier molecular flexibility index (Phi) is 7.57. The highest BCUT2D eigenvalue weighted by Gasteiger charge is 2.44. The van der Waals surface area contributed by atoms with Gasteiger partial charge in [0.1, 0.15) is 5.92 Å². The predicted molar refractivity (Wildman–Crippen MR) is 123 cm³/mol. The SMILES string of the molecule is COC(=O)[C@@H]1C(=O)NC(SCC(=O)Nc2ccccc2Cl)=C(C#N)[C@@H]1c1ccc(C)cc1. The van der Waals surface area contributed by atoms with Gasteiger partial charge >= 0.3 is 5.97 Å². The number of carbonyl (C=O) groups excluding carboxylic acids is 3. The molecule has 0 saturated carbocycles. The zero-order chi connectivity index (χ0) is 23.3. The summed E-state index contributed by atoms with van der Waals surface area (Å²) in [6.45, 7) is 1.91. The van der Waals surface area contributed by atoms with E-state index in [9.17, 15) is 19.6 Å². The fraction of sp³-hybridized carbons (Fsp3) is 0.217. The lowest BCUT2D eigenvalue weighted by atomic mass is 9.78. The lowest BCUT2D eigenvalue weighted by Crippen LogP contribution is -2.44. The number of anilines is 1. The van der Waals surface area contributed by atoms with Crippen molar-refractivity contribution in [2.45, 2.75) is 12.8 Å². The number of hydrogen-bond acceptors (Lipinski definition) is 6. The predicted octanol–water partition coefficient (Wildman–Crippen LogP) is 3.76. The normalized spacial score (nSPS) is 17.9. The molecule has 0 radical (unpaired) electrons. The molecular formula is C23H20ClN3O4S. The minimum absolute atomic E-state index is 0.0739. The van der Waals surface area contributed by atoms with Crippen molar-refractivity contribution in [3.63, 3.8) is 0 Å². The molecule has 0 fully saturated rings. The molecule has 2 aromatic rings. The maximum Gasteiger partial charge on any atom is 0.319 e. The molecule has 0 spiro atoms. The molecule has 1 heterocycles. The maximum absolute atomic E-state index is 12.8. The molecule has 0 bridgehead atoms. The van der Waals surface area contributed by atoms with Gasteiger partial charge in [-0.2, -0.15) is 5.26 Å². The second-order valence-electron chi connectivity index (χ2n) is 7.05. The first kappa shape index (κ1) is 23.4. The highest BCUT2D eigenvalue weighted by atomic mass is 35.5. The first-order valence-corrected chi connectivity index (χ1v) is 11.0. The number of hydrogen-bond donors (Lipinski definition) is 2. The average molecular weight is 470 g/mol. The molecule has 2 N–H and O–H groups in total. The van der Waals surface area contributed by atoms with Crippen LogP contribution in [0.3, 0.4) is 0 Å². The van der Waals surface area contributed by atoms with Crippen LogP contribution in [0, 0.1) is 24.2 Å². The standard InChI is InChI=1S/C23H20ClN3O4S/c1-13-7-9-14(10-8-13)19-15(11-25)22(27-21(29)20(19)23(30)31-2)32-12-18(28)26-17-6-4-3-5-16(17)24/h3-10,19-20H,12H2,1-2H3,(H,26,28)(H,27,29)/t19-,20-/m0/s1. The van der Waals surface area contributed by atoms with E-state index in [1.54, 1.807) is 36.4 Å². The number of thioether (sulfide) groups is 1. The van der Waals surface area contributed by atoms with Crippen molar-refractivity contribution in [3.8, 4) is 6.07 Å². The van der Waals surface area contributed by atoms with E-state index in [0.29, 0.717) is 16.3 Å². The number of aryl methyl sites for hydroxylation is 1. The summed E-state index contributed by atoms with van der Waals surface area (Å²) in [4.78, 5) is 37.6. The molecule has 2 amide bonds. The van der Waals surface area contributed by atoms with Crippen LogP contribution in [0.2, 0.25) is 5.02 Å². The fourth-order valence-corrected chi connectivity index (χ4v) is 4.37. The number of amides is 2. The van der Waals surface area contributed by atoms with Gasteiger partial charge in [0.05, 0.1) is 40.2 Å². The van der Waals surface area contributed by atoms with Gasteiger partial charge in [0.25, 0.3) is 0 Å². The number of allylic oxidation sites excluding steroid dienone is 1. The Hall–Kier alpha value is -3.28. The Balaban J connectivity index is 1.89. The van der Waals surface area contributed by atoms with E-state index >= 15 is 0 Å². The summed E-state index contributed by atoms with van der Waals surface area (Å²) >= 11 is 7.07. The zero-order valence-corrected chi connectivity index (χ0v) is 18.9. The summed E-state index contributed by atoms with van der Waals surface area (Å²) in [5.74, 6) is -3.79. The van der Waals surface area contributed by atoms with Gasteiger partial charge in [0.15, 0.2) is 0 Å². The molecule has 0 aliphatic carbocycles. The van der Waals surface area contributed by atoms with Crippen molar-refractivity contribution < 1.29 is 19.1 Å². The summed E-state index contributed by atoms with van der Waals surface area (Å²) in [5, 5.41) is 15.8. The highest BCUT2D eigenvalue weighted by molar-refractivity contribution is 8.03. The summed E-state index contributed by atoms with van der Waals surface area (Å²) in [6, 6.07) is 16.2. The van der Waals surface area contributed by atoms with Gasteiger partial charge in [-0.25, -0.2) is 0 Å². The Morgan fingerprint density at radius 2 is 1.91 bits per heavy atom. The van der Waals surface area contributed by atoms with E-state index in [0.717, 1.165) is 17.3 Å². The Morgan fingerprint density at radius 1 is 1.22 bits per heavy atom. The van der Waals surface area contributed by atoms with Gasteiger partial charge in [0, 0.05) is 5.92 Å². The number of para-hydroxylation sites is 1. The summed E-state index contributed by atoms with van der Waals surface area (Å²) in [5.41, 5.74) is 2.29. The number of nitrogens with zero attached hydrogens (tertiary/aromatic N) is 1. The Labute approximate surface area is 194 Å². The van der Waals surface area contributed by atoms with Crippen LogP contribution in [0.15, 0.2) is 59.1 Å². The molecule has 1 aliphatic heterocycles. The van der Waals surface area contributed by atoms with Crippen LogP contribution in [0.25, 0.3) is 0 Å². The summed E-state index contributed by atoms with van der Waals surface area (Å²) in [6.07, 6.45) is 0. The third-order valence-corrected chi connectivity index (χ3v) is 6.26. The molecule has 0 aromatic heterocycles. The van der Waals surface area contributed by atoms with Crippen LogP contribution >= 0.6 is 23.4 Å². The Bertz CT molecular complexity index is 1120. The number of rotatable bonds is 6. The summed E-state index contributed by atoms with van der Waals surface area (Å²) < 4.78 is 4.82. The van der Waals surface area contributed by atoms with Crippen molar-refractivity contribution in [2.75, 3.05) is 18.2 Å². The number of esters is 1. The number of benzene rings is 2. The van der Waals surface area contributed by atoms with Crippen LogP contribution in [-0.4, -0.2) is 30.6 Å². The number of carbonyl (C=O) groups is 3. The number of ether oxygens (including phenoxy) is 1. The molecular weight excluding hydrogens is 450 g/mol. The minimum Gasteiger partial charge on any atom is -0.468 e. The largest absolute Gasteiger partial charge is 0.468 e. The lowest BCUT2D eigenvalue weighted by molar-refractivity contribution is -0.150. The van der Waals surface area contributed by atoms with Crippen molar-refractivity contribution in [1.82, 2.24) is 5.32 Å². The number of methoxy groups -OCH3 is 1. The highest BCUT2D eigenvalue weighted by Crippen LogP contribution is 2.40. The van der Waals surface area contributed by atoms with Crippen molar-refractivity contribution in [1.29, 1.82) is 5.26 Å². The van der Waals surface area contributed by atoms with Gasteiger partial charge in [-0.05, 0) is 24.6 Å². The Morgan fingerprint density at radius 3 is 2.53 bits per heavy atom. The zero-order valence-electron chi connectivity index (χ0n) is 17.3. The van der Waals surface area contributed by atoms with E-state index in [2.05, 4.69) is 16.7 Å². The molecule has 3 rings (SSSR count). The molecule has 2 aromatic carbocycles. The minimum atomic E-state index is -1.21. The van der Waals surface area contributed by atoms with E-state index in [4.69, 9.17) is 16.3 Å². The molecule has 0 saturated heterocycles. The van der Waals surface area contributed by atoms with Gasteiger partial charge in [0.2, 0.25) is 11.8 Å². The monoisotopic (exact) mass is 469 g/mol. The molecule has 7 nitrogen and oxygen atoms in total. The van der Waals surface area contributed by atoms with Crippen LogP contribution in [-0.2, 0) is 19.1 Å². The molecule has 2 atom stereocenters. The van der Waals surface area contributed by atoms with Crippen LogP contribution < -0.4 is 10.6 Å². The fourth-order valence-electron chi connectivity index (χ4n) is 3.34. The van der Waals surface area contributed by atoms with Crippen molar-refractivity contribution >= 4 is 46.8 Å². The second-order valence-corrected chi connectivity index (χ2v) is 8.44. The average Bonchev–Trinajstić information content (AvgIpc) is 2.78. The van der Waals surface area contributed by atoms with E-state index in [-0.39, 0.29) is 22.3 Å². The van der Waals surface area contributed by atoms with Gasteiger partial charge in [-0.1, -0.05) is 65.3 Å². The number of nitrogens with one attached hydrogen (secondary N) is 2. The molecule has 32 heavy (non-hydrogen) atoms. The maximum atomic E-state index is 12.8. The summed E-state index contributed by atoms with van der Waals surface area (Å²) in [7, 11) is 1.20. The van der Waals surface area contributed by atoms with Gasteiger partial charge in [-0.3, -0.25) is 14.4 Å². The smallest absolute Gasteiger partial charge is 0.319 e. The van der Waals surface area contributed by atoms with Crippen LogP contribution in [0.4, 0.5) is 5.69 Å². The molecule has 0 unspecified atom stereocenters. The lowest BCUT2D eigenvalue weighted by Gasteiger charge is -2.31. The van der Waals surface area contributed by atoms with Crippen LogP contribution in [0.5, 0.6) is 0 Å². The van der Waals surface area contributed by atoms with Gasteiger partial charge < -0.3 is 15.4 Å². The number of halogens is 1. The molecule has 164 valence electrons. The van der Waals surface area contributed by atoms with Crippen molar-refractivity contribution in [3.05, 3.63) is 75.3 Å². The topological polar surface area (TPSA) is 108 Å². The molecule has 9 heteroatoms. The van der Waals surface area contributed by atoms with Crippen LogP contribution in [0.1, 0.15) is 17.0 Å². The van der Waals surface area contributed by atoms with E-state index in [1.807, 2.05) is 19.1 Å². The third-order valence-electron chi connectivity index (χ3n) is 4.92. The molecule has 1 aliphatic rings. The van der Waals surface area contributed by atoms with E-state index in [1.165, 1.54) is 7.11 Å². The quantitative estimate of drug-likeness (QED) is 0.492.